The van der Waals surface area contributed by atoms with E-state index in [4.69, 9.17) is 0 Å². The van der Waals surface area contributed by atoms with Crippen molar-refractivity contribution in [2.24, 2.45) is 17.3 Å². The van der Waals surface area contributed by atoms with Crippen molar-refractivity contribution in [1.82, 2.24) is 14.7 Å². The summed E-state index contributed by atoms with van der Waals surface area (Å²) in [4.78, 5) is 15.3. The number of aromatic nitrogens is 2. The monoisotopic (exact) mass is 439 g/mol. The number of fused-ring (bicyclic) bond motifs is 2. The highest BCUT2D eigenvalue weighted by atomic mass is 19.1. The van der Waals surface area contributed by atoms with Gasteiger partial charge < -0.3 is 4.90 Å². The molecule has 4 fully saturated rings. The Hall–Kier alpha value is -2.83. The van der Waals surface area contributed by atoms with Crippen LogP contribution in [0.1, 0.15) is 37.3 Å². The molecule has 3 saturated carbocycles. The summed E-state index contributed by atoms with van der Waals surface area (Å²) in [5, 5.41) is 5.21. The summed E-state index contributed by atoms with van der Waals surface area (Å²) >= 11 is 0. The average molecular weight is 439 g/mol. The zero-order valence-electron chi connectivity index (χ0n) is 17.6. The molecule has 4 aliphatic rings. The first-order valence-corrected chi connectivity index (χ1v) is 11.2. The van der Waals surface area contributed by atoms with Crippen molar-refractivity contribution >= 4 is 16.8 Å². The summed E-state index contributed by atoms with van der Waals surface area (Å²) in [7, 11) is 0. The van der Waals surface area contributed by atoms with Gasteiger partial charge in [-0.15, -0.1) is 0 Å². The second-order valence-corrected chi connectivity index (χ2v) is 9.80. The standard InChI is InChI=1S/C25H24F3N3O/c26-19-3-1-2-15(6-19)23-8-21(28)14-30(23)24(32)25-9-17(10-25)18(11-25)13-31-22-5-4-20(27)7-16(22)12-29-31/h1-7,12,17-18,21,23H,8-11,13-14H2/t17?,18-,21?,23?,25?/m0/s1. The number of carbonyl (C=O) groups is 1. The van der Waals surface area contributed by atoms with Crippen LogP contribution in [-0.2, 0) is 11.3 Å². The van der Waals surface area contributed by atoms with Gasteiger partial charge in [0.15, 0.2) is 0 Å². The van der Waals surface area contributed by atoms with Crippen LogP contribution in [0.3, 0.4) is 0 Å². The van der Waals surface area contributed by atoms with Gasteiger partial charge in [-0.1, -0.05) is 12.1 Å². The molecule has 166 valence electrons. The Balaban J connectivity index is 1.21. The molecule has 1 saturated heterocycles. The molecule has 7 rings (SSSR count). The topological polar surface area (TPSA) is 38.1 Å². The van der Waals surface area contributed by atoms with Crippen molar-refractivity contribution in [1.29, 1.82) is 0 Å². The molecular formula is C25H24F3N3O. The first-order chi connectivity index (χ1) is 15.4. The Bertz CT molecular complexity index is 1200. The molecule has 1 amide bonds. The van der Waals surface area contributed by atoms with E-state index < -0.39 is 17.6 Å². The van der Waals surface area contributed by atoms with Crippen LogP contribution >= 0.6 is 0 Å². The summed E-state index contributed by atoms with van der Waals surface area (Å²) < 4.78 is 43.5. The van der Waals surface area contributed by atoms with Crippen molar-refractivity contribution in [3.8, 4) is 0 Å². The molecule has 1 aromatic heterocycles. The number of alkyl halides is 1. The van der Waals surface area contributed by atoms with Crippen molar-refractivity contribution in [2.75, 3.05) is 6.54 Å². The first kappa shape index (κ1) is 19.8. The number of amides is 1. The van der Waals surface area contributed by atoms with Crippen LogP contribution in [0.5, 0.6) is 0 Å². The largest absolute Gasteiger partial charge is 0.332 e. The van der Waals surface area contributed by atoms with E-state index in [9.17, 15) is 18.0 Å². The minimum atomic E-state index is -1.09. The molecule has 4 nitrogen and oxygen atoms in total. The van der Waals surface area contributed by atoms with Crippen molar-refractivity contribution < 1.29 is 18.0 Å². The van der Waals surface area contributed by atoms with Gasteiger partial charge in [0.05, 0.1) is 29.7 Å². The minimum absolute atomic E-state index is 0.0121. The first-order valence-electron chi connectivity index (χ1n) is 11.2. The fourth-order valence-electron chi connectivity index (χ4n) is 6.36. The van der Waals surface area contributed by atoms with E-state index in [0.29, 0.717) is 23.9 Å². The van der Waals surface area contributed by atoms with E-state index in [1.54, 1.807) is 29.3 Å². The maximum atomic E-state index is 14.4. The number of benzene rings is 2. The fraction of sp³-hybridized carbons (Fsp3) is 0.440. The molecule has 3 aromatic rings. The van der Waals surface area contributed by atoms with Gasteiger partial charge in [-0.05, 0) is 67.0 Å². The number of halogens is 3. The average Bonchev–Trinajstić information content (AvgIpc) is 3.49. The highest BCUT2D eigenvalue weighted by molar-refractivity contribution is 5.85. The number of likely N-dealkylation sites (tertiary alicyclic amines) is 1. The predicted molar refractivity (Wildman–Crippen MR) is 113 cm³/mol. The van der Waals surface area contributed by atoms with Crippen molar-refractivity contribution in [3.05, 3.63) is 65.9 Å². The fourth-order valence-corrected chi connectivity index (χ4v) is 6.36. The Labute approximate surface area is 184 Å². The van der Waals surface area contributed by atoms with Gasteiger partial charge in [0.1, 0.15) is 17.8 Å². The third-order valence-electron chi connectivity index (χ3n) is 7.83. The lowest BCUT2D eigenvalue weighted by Crippen LogP contribution is -2.46. The zero-order valence-corrected chi connectivity index (χ0v) is 17.6. The summed E-state index contributed by atoms with van der Waals surface area (Å²) in [6.07, 6.45) is 3.18. The van der Waals surface area contributed by atoms with Crippen molar-refractivity contribution in [2.45, 2.75) is 44.4 Å². The molecule has 2 heterocycles. The van der Waals surface area contributed by atoms with E-state index in [-0.39, 0.29) is 30.5 Å². The molecule has 3 aliphatic carbocycles. The molecular weight excluding hydrogens is 415 g/mol. The van der Waals surface area contributed by atoms with E-state index in [0.717, 1.165) is 30.2 Å². The Morgan fingerprint density at radius 1 is 1.09 bits per heavy atom. The van der Waals surface area contributed by atoms with Crippen LogP contribution in [0.4, 0.5) is 13.2 Å². The Morgan fingerprint density at radius 2 is 1.91 bits per heavy atom. The molecule has 32 heavy (non-hydrogen) atoms. The lowest BCUT2D eigenvalue weighted by molar-refractivity contribution is -0.147. The number of hydrogen-bond donors (Lipinski definition) is 0. The van der Waals surface area contributed by atoms with Gasteiger partial charge in [-0.2, -0.15) is 5.10 Å². The van der Waals surface area contributed by atoms with Crippen LogP contribution in [-0.4, -0.2) is 33.3 Å². The predicted octanol–water partition coefficient (Wildman–Crippen LogP) is 5.04. The van der Waals surface area contributed by atoms with Crippen LogP contribution < -0.4 is 0 Å². The molecule has 2 unspecified atom stereocenters. The summed E-state index contributed by atoms with van der Waals surface area (Å²) in [5.74, 6) is 0.109. The van der Waals surface area contributed by atoms with E-state index >= 15 is 0 Å². The third-order valence-corrected chi connectivity index (χ3v) is 7.83. The molecule has 7 heteroatoms. The number of hydrogen-bond acceptors (Lipinski definition) is 2. The summed E-state index contributed by atoms with van der Waals surface area (Å²) in [6, 6.07) is 10.4. The van der Waals surface area contributed by atoms with Gasteiger partial charge in [0, 0.05) is 18.4 Å². The van der Waals surface area contributed by atoms with Gasteiger partial charge in [0.2, 0.25) is 5.91 Å². The zero-order chi connectivity index (χ0) is 22.0. The lowest BCUT2D eigenvalue weighted by Gasteiger charge is -2.41. The smallest absolute Gasteiger partial charge is 0.229 e. The number of carbonyl (C=O) groups excluding carboxylic acids is 1. The van der Waals surface area contributed by atoms with Gasteiger partial charge >= 0.3 is 0 Å². The Kier molecular flexibility index (Phi) is 4.39. The molecule has 0 spiro atoms. The van der Waals surface area contributed by atoms with E-state index in [1.807, 2.05) is 4.68 Å². The normalized spacial score (nSPS) is 31.3. The van der Waals surface area contributed by atoms with Crippen LogP contribution in [0.25, 0.3) is 10.9 Å². The third kappa shape index (κ3) is 3.05. The van der Waals surface area contributed by atoms with Crippen LogP contribution in [0.15, 0.2) is 48.7 Å². The number of nitrogens with zero attached hydrogens (tertiary/aromatic N) is 3. The maximum Gasteiger partial charge on any atom is 0.229 e. The number of rotatable bonds is 4. The van der Waals surface area contributed by atoms with Crippen LogP contribution in [0, 0.1) is 28.9 Å². The summed E-state index contributed by atoms with van der Waals surface area (Å²) in [5.41, 5.74) is 1.11. The maximum absolute atomic E-state index is 14.4. The highest BCUT2D eigenvalue weighted by Crippen LogP contribution is 2.63. The van der Waals surface area contributed by atoms with Crippen LogP contribution in [0.2, 0.25) is 0 Å². The lowest BCUT2D eigenvalue weighted by atomic mass is 9.68. The molecule has 0 radical (unpaired) electrons. The minimum Gasteiger partial charge on any atom is -0.332 e. The van der Waals surface area contributed by atoms with E-state index in [2.05, 4.69) is 5.10 Å². The van der Waals surface area contributed by atoms with Gasteiger partial charge in [0.25, 0.3) is 0 Å². The molecule has 1 aliphatic heterocycles. The second kappa shape index (κ2) is 7.09. The SMILES string of the molecule is O=C(N1CC(F)CC1c1cccc(F)c1)C12CC(C1)[C@H](Cn1ncc3cc(F)ccc31)C2. The van der Waals surface area contributed by atoms with E-state index in [1.165, 1.54) is 24.3 Å². The highest BCUT2D eigenvalue weighted by Gasteiger charge is 2.62. The second-order valence-electron chi connectivity index (χ2n) is 9.80. The van der Waals surface area contributed by atoms with Gasteiger partial charge in [-0.25, -0.2) is 13.2 Å². The molecule has 3 atom stereocenters. The molecule has 0 N–H and O–H groups in total. The molecule has 2 aromatic carbocycles. The van der Waals surface area contributed by atoms with Gasteiger partial charge in [-0.3, -0.25) is 9.48 Å². The Morgan fingerprint density at radius 3 is 2.72 bits per heavy atom. The quantitative estimate of drug-likeness (QED) is 0.571. The molecule has 2 bridgehead atoms. The summed E-state index contributed by atoms with van der Waals surface area (Å²) in [6.45, 7) is 0.764. The van der Waals surface area contributed by atoms with Crippen molar-refractivity contribution in [3.63, 3.8) is 0 Å².